The SMILES string of the molecule is CC(=O)c1ccc(N2CCN(C(=O)c3sc4nc(C)cc(C)c4c3N)CC2)cc1. The van der Waals surface area contributed by atoms with E-state index < -0.39 is 0 Å². The molecule has 7 heteroatoms. The van der Waals surface area contributed by atoms with Crippen LogP contribution in [-0.4, -0.2) is 47.8 Å². The number of aryl methyl sites for hydroxylation is 2. The summed E-state index contributed by atoms with van der Waals surface area (Å²) in [5.74, 6) is 0.0435. The summed E-state index contributed by atoms with van der Waals surface area (Å²) in [7, 11) is 0. The molecule has 2 N–H and O–H groups in total. The number of fused-ring (bicyclic) bond motifs is 1. The average molecular weight is 409 g/mol. The number of anilines is 2. The summed E-state index contributed by atoms with van der Waals surface area (Å²) >= 11 is 1.38. The van der Waals surface area contributed by atoms with Crippen LogP contribution in [0.15, 0.2) is 30.3 Å². The first-order valence-electron chi connectivity index (χ1n) is 9.66. The summed E-state index contributed by atoms with van der Waals surface area (Å²) in [6.07, 6.45) is 0. The van der Waals surface area contributed by atoms with Gasteiger partial charge in [0.2, 0.25) is 0 Å². The Morgan fingerprint density at radius 2 is 1.72 bits per heavy atom. The number of hydrogen-bond donors (Lipinski definition) is 1. The minimum absolute atomic E-state index is 0.0193. The van der Waals surface area contributed by atoms with Gasteiger partial charge >= 0.3 is 0 Å². The van der Waals surface area contributed by atoms with Crippen molar-refractivity contribution in [2.24, 2.45) is 0 Å². The number of nitrogen functional groups attached to an aromatic ring is 1. The Hall–Kier alpha value is -2.93. The molecule has 3 aromatic rings. The molecule has 1 aliphatic rings. The Balaban J connectivity index is 1.49. The molecular weight excluding hydrogens is 384 g/mol. The predicted octanol–water partition coefficient (Wildman–Crippen LogP) is 3.66. The largest absolute Gasteiger partial charge is 0.397 e. The van der Waals surface area contributed by atoms with E-state index in [1.165, 1.54) is 11.3 Å². The van der Waals surface area contributed by atoms with Crippen molar-refractivity contribution in [2.45, 2.75) is 20.8 Å². The van der Waals surface area contributed by atoms with Crippen LogP contribution >= 0.6 is 11.3 Å². The van der Waals surface area contributed by atoms with Gasteiger partial charge in [-0.25, -0.2) is 4.98 Å². The zero-order valence-corrected chi connectivity index (χ0v) is 17.7. The van der Waals surface area contributed by atoms with Gasteiger partial charge in [0.25, 0.3) is 5.91 Å². The van der Waals surface area contributed by atoms with Gasteiger partial charge in [0, 0.05) is 48.5 Å². The molecule has 0 atom stereocenters. The third-order valence-corrected chi connectivity index (χ3v) is 6.51. The molecule has 150 valence electrons. The highest BCUT2D eigenvalue weighted by Gasteiger charge is 2.26. The number of hydrogen-bond acceptors (Lipinski definition) is 6. The fourth-order valence-electron chi connectivity index (χ4n) is 3.85. The zero-order valence-electron chi connectivity index (χ0n) is 16.9. The van der Waals surface area contributed by atoms with Crippen LogP contribution in [0.25, 0.3) is 10.2 Å². The maximum absolute atomic E-state index is 13.1. The van der Waals surface area contributed by atoms with Crippen molar-refractivity contribution in [3.63, 3.8) is 0 Å². The summed E-state index contributed by atoms with van der Waals surface area (Å²) in [4.78, 5) is 34.6. The highest BCUT2D eigenvalue weighted by Crippen LogP contribution is 2.36. The number of Topliss-reactive ketones (excluding diaryl/α,β-unsaturated/α-hetero) is 1. The fourth-order valence-corrected chi connectivity index (χ4v) is 5.03. The number of amides is 1. The van der Waals surface area contributed by atoms with Gasteiger partial charge in [-0.1, -0.05) is 0 Å². The lowest BCUT2D eigenvalue weighted by Crippen LogP contribution is -2.48. The number of aromatic nitrogens is 1. The minimum atomic E-state index is -0.0193. The van der Waals surface area contributed by atoms with E-state index in [1.807, 2.05) is 49.1 Å². The lowest BCUT2D eigenvalue weighted by Gasteiger charge is -2.36. The lowest BCUT2D eigenvalue weighted by atomic mass is 10.1. The van der Waals surface area contributed by atoms with Crippen molar-refractivity contribution >= 4 is 44.6 Å². The van der Waals surface area contributed by atoms with Gasteiger partial charge < -0.3 is 15.5 Å². The van der Waals surface area contributed by atoms with Crippen LogP contribution in [0.4, 0.5) is 11.4 Å². The second kappa shape index (κ2) is 7.48. The molecule has 3 heterocycles. The van der Waals surface area contributed by atoms with Crippen LogP contribution in [0, 0.1) is 13.8 Å². The molecule has 1 aromatic carbocycles. The monoisotopic (exact) mass is 408 g/mol. The molecule has 29 heavy (non-hydrogen) atoms. The first-order chi connectivity index (χ1) is 13.8. The molecule has 2 aromatic heterocycles. The topological polar surface area (TPSA) is 79.5 Å². The number of benzene rings is 1. The van der Waals surface area contributed by atoms with E-state index in [-0.39, 0.29) is 11.7 Å². The Labute approximate surface area is 173 Å². The number of piperazine rings is 1. The predicted molar refractivity (Wildman–Crippen MR) is 118 cm³/mol. The van der Waals surface area contributed by atoms with Gasteiger partial charge in [0.05, 0.1) is 5.69 Å². The first-order valence-corrected chi connectivity index (χ1v) is 10.5. The fraction of sp³-hybridized carbons (Fsp3) is 0.318. The van der Waals surface area contributed by atoms with Gasteiger partial charge in [-0.05, 0) is 56.7 Å². The van der Waals surface area contributed by atoms with Crippen molar-refractivity contribution in [1.29, 1.82) is 0 Å². The average Bonchev–Trinajstić information content (AvgIpc) is 3.04. The van der Waals surface area contributed by atoms with E-state index in [1.54, 1.807) is 6.92 Å². The molecule has 0 radical (unpaired) electrons. The van der Waals surface area contributed by atoms with Gasteiger partial charge in [-0.3, -0.25) is 9.59 Å². The second-order valence-electron chi connectivity index (χ2n) is 7.49. The van der Waals surface area contributed by atoms with Crippen LogP contribution < -0.4 is 10.6 Å². The van der Waals surface area contributed by atoms with Crippen molar-refractivity contribution in [3.8, 4) is 0 Å². The summed E-state index contributed by atoms with van der Waals surface area (Å²) < 4.78 is 0. The van der Waals surface area contributed by atoms with Gasteiger partial charge in [0.1, 0.15) is 9.71 Å². The maximum Gasteiger partial charge on any atom is 0.266 e. The van der Waals surface area contributed by atoms with Crippen molar-refractivity contribution in [1.82, 2.24) is 9.88 Å². The maximum atomic E-state index is 13.1. The standard InChI is InChI=1S/C22H24N4O2S/c1-13-12-14(2)24-21-18(13)19(23)20(29-21)22(28)26-10-8-25(9-11-26)17-6-4-16(5-7-17)15(3)27/h4-7,12H,8-11,23H2,1-3H3. The molecule has 6 nitrogen and oxygen atoms in total. The number of ketones is 1. The Kier molecular flexibility index (Phi) is 5.00. The summed E-state index contributed by atoms with van der Waals surface area (Å²) in [6, 6.07) is 9.63. The number of thiophene rings is 1. The number of nitrogens with zero attached hydrogens (tertiary/aromatic N) is 3. The molecule has 4 rings (SSSR count). The number of carbonyl (C=O) groups excluding carboxylic acids is 2. The third kappa shape index (κ3) is 3.58. The Morgan fingerprint density at radius 1 is 1.07 bits per heavy atom. The quantitative estimate of drug-likeness (QED) is 0.669. The number of nitrogens with two attached hydrogens (primary N) is 1. The van der Waals surface area contributed by atoms with E-state index >= 15 is 0 Å². The molecule has 0 saturated carbocycles. The molecular formula is C22H24N4O2S. The third-order valence-electron chi connectivity index (χ3n) is 5.42. The summed E-state index contributed by atoms with van der Waals surface area (Å²) in [6.45, 7) is 8.27. The van der Waals surface area contributed by atoms with Gasteiger partial charge in [0.15, 0.2) is 5.78 Å². The number of carbonyl (C=O) groups is 2. The molecule has 0 spiro atoms. The zero-order chi connectivity index (χ0) is 20.7. The van der Waals surface area contributed by atoms with Crippen LogP contribution in [0.1, 0.15) is 38.2 Å². The normalized spacial score (nSPS) is 14.4. The van der Waals surface area contributed by atoms with Crippen molar-refractivity contribution < 1.29 is 9.59 Å². The highest BCUT2D eigenvalue weighted by molar-refractivity contribution is 7.21. The molecule has 1 aliphatic heterocycles. The Morgan fingerprint density at radius 3 is 2.34 bits per heavy atom. The molecule has 0 aliphatic carbocycles. The van der Waals surface area contributed by atoms with Crippen LogP contribution in [-0.2, 0) is 0 Å². The number of pyridine rings is 1. The van der Waals surface area contributed by atoms with E-state index in [4.69, 9.17) is 5.73 Å². The van der Waals surface area contributed by atoms with Crippen LogP contribution in [0.5, 0.6) is 0 Å². The highest BCUT2D eigenvalue weighted by atomic mass is 32.1. The van der Waals surface area contributed by atoms with Crippen LogP contribution in [0.2, 0.25) is 0 Å². The molecule has 1 saturated heterocycles. The smallest absolute Gasteiger partial charge is 0.266 e. The van der Waals surface area contributed by atoms with Gasteiger partial charge in [-0.2, -0.15) is 0 Å². The molecule has 0 unspecified atom stereocenters. The molecule has 1 amide bonds. The van der Waals surface area contributed by atoms with E-state index in [0.29, 0.717) is 29.2 Å². The van der Waals surface area contributed by atoms with Crippen molar-refractivity contribution in [3.05, 3.63) is 52.0 Å². The molecule has 1 fully saturated rings. The van der Waals surface area contributed by atoms with Gasteiger partial charge in [-0.15, -0.1) is 11.3 Å². The first kappa shape index (κ1) is 19.4. The van der Waals surface area contributed by atoms with E-state index in [2.05, 4.69) is 9.88 Å². The van der Waals surface area contributed by atoms with E-state index in [9.17, 15) is 9.59 Å². The lowest BCUT2D eigenvalue weighted by molar-refractivity contribution is 0.0752. The summed E-state index contributed by atoms with van der Waals surface area (Å²) in [5.41, 5.74) is 10.6. The van der Waals surface area contributed by atoms with E-state index in [0.717, 1.165) is 40.3 Å². The van der Waals surface area contributed by atoms with Crippen LogP contribution in [0.3, 0.4) is 0 Å². The van der Waals surface area contributed by atoms with Crippen molar-refractivity contribution in [2.75, 3.05) is 36.8 Å². The summed E-state index contributed by atoms with van der Waals surface area (Å²) in [5, 5.41) is 0.896. The Bertz CT molecular complexity index is 1100. The molecule has 0 bridgehead atoms. The minimum Gasteiger partial charge on any atom is -0.397 e. The number of rotatable bonds is 3. The second-order valence-corrected chi connectivity index (χ2v) is 8.49.